The third-order valence-corrected chi connectivity index (χ3v) is 2.70. The number of nitrogens with zero attached hydrogens (tertiary/aromatic N) is 2. The van der Waals surface area contributed by atoms with E-state index in [0.29, 0.717) is 12.1 Å². The molecule has 0 atom stereocenters. The van der Waals surface area contributed by atoms with Gasteiger partial charge < -0.3 is 5.11 Å². The Hall–Kier alpha value is -1.20. The molecule has 3 nitrogen and oxygen atoms in total. The average molecular weight is 285 g/mol. The third kappa shape index (κ3) is 2.48. The van der Waals surface area contributed by atoms with Crippen molar-refractivity contribution in [1.29, 1.82) is 0 Å². The largest absolute Gasteiger partial charge is 0.392 e. The maximum absolute atomic E-state index is 13.4. The normalized spacial score (nSPS) is 10.7. The fraction of sp³-hybridized carbons (Fsp3) is 0.182. The first-order valence-corrected chi connectivity index (χ1v) is 5.54. The van der Waals surface area contributed by atoms with Gasteiger partial charge in [-0.3, -0.25) is 4.68 Å². The van der Waals surface area contributed by atoms with Crippen molar-refractivity contribution in [3.05, 3.63) is 52.0 Å². The fourth-order valence-electron chi connectivity index (χ4n) is 1.41. The number of aliphatic hydroxyl groups excluding tert-OH is 1. The van der Waals surface area contributed by atoms with Crippen LogP contribution in [-0.4, -0.2) is 14.9 Å². The zero-order valence-corrected chi connectivity index (χ0v) is 9.98. The molecular formula is C11H10BrFN2O. The second-order valence-electron chi connectivity index (χ2n) is 3.44. The van der Waals surface area contributed by atoms with E-state index >= 15 is 0 Å². The van der Waals surface area contributed by atoms with Crippen LogP contribution in [-0.2, 0) is 13.2 Å². The van der Waals surface area contributed by atoms with Crippen LogP contribution >= 0.6 is 15.9 Å². The first kappa shape index (κ1) is 11.3. The molecule has 16 heavy (non-hydrogen) atoms. The van der Waals surface area contributed by atoms with Gasteiger partial charge >= 0.3 is 0 Å². The van der Waals surface area contributed by atoms with Gasteiger partial charge in [0.25, 0.3) is 0 Å². The summed E-state index contributed by atoms with van der Waals surface area (Å²) >= 11 is 3.29. The Morgan fingerprint density at radius 1 is 1.44 bits per heavy atom. The van der Waals surface area contributed by atoms with Crippen LogP contribution in [0.5, 0.6) is 0 Å². The number of aliphatic hydroxyl groups is 1. The van der Waals surface area contributed by atoms with Crippen LogP contribution in [0.25, 0.3) is 0 Å². The zero-order chi connectivity index (χ0) is 11.5. The molecule has 0 aliphatic rings. The Kier molecular flexibility index (Phi) is 3.36. The molecule has 0 aliphatic heterocycles. The van der Waals surface area contributed by atoms with E-state index in [1.54, 1.807) is 29.2 Å². The first-order chi connectivity index (χ1) is 7.69. The molecule has 0 saturated heterocycles. The number of halogens is 2. The van der Waals surface area contributed by atoms with Crippen LogP contribution < -0.4 is 0 Å². The van der Waals surface area contributed by atoms with Crippen LogP contribution in [0.4, 0.5) is 4.39 Å². The van der Waals surface area contributed by atoms with Crippen LogP contribution in [0.15, 0.2) is 35.1 Å². The van der Waals surface area contributed by atoms with E-state index in [1.807, 2.05) is 0 Å². The Morgan fingerprint density at radius 2 is 2.25 bits per heavy atom. The Morgan fingerprint density at radius 3 is 2.94 bits per heavy atom. The Labute approximate surface area is 101 Å². The van der Waals surface area contributed by atoms with E-state index in [0.717, 1.165) is 10.0 Å². The van der Waals surface area contributed by atoms with E-state index < -0.39 is 0 Å². The molecule has 0 saturated carbocycles. The second-order valence-corrected chi connectivity index (χ2v) is 4.36. The van der Waals surface area contributed by atoms with Crippen molar-refractivity contribution in [2.24, 2.45) is 0 Å². The lowest BCUT2D eigenvalue weighted by atomic mass is 10.2. The Bertz CT molecular complexity index is 498. The highest BCUT2D eigenvalue weighted by molar-refractivity contribution is 9.10. The lowest BCUT2D eigenvalue weighted by molar-refractivity contribution is 0.281. The topological polar surface area (TPSA) is 38.1 Å². The van der Waals surface area contributed by atoms with E-state index in [1.165, 1.54) is 6.07 Å². The van der Waals surface area contributed by atoms with Crippen LogP contribution in [0.1, 0.15) is 11.1 Å². The summed E-state index contributed by atoms with van der Waals surface area (Å²) < 4.78 is 15.9. The molecule has 5 heteroatoms. The number of aromatic nitrogens is 2. The molecule has 1 aromatic carbocycles. The molecular weight excluding hydrogens is 275 g/mol. The summed E-state index contributed by atoms with van der Waals surface area (Å²) in [4.78, 5) is 0. The fourth-order valence-corrected chi connectivity index (χ4v) is 1.82. The van der Waals surface area contributed by atoms with Gasteiger partial charge in [0.1, 0.15) is 5.82 Å². The van der Waals surface area contributed by atoms with Crippen LogP contribution in [0.2, 0.25) is 0 Å². The molecule has 0 unspecified atom stereocenters. The van der Waals surface area contributed by atoms with Gasteiger partial charge in [-0.15, -0.1) is 0 Å². The summed E-state index contributed by atoms with van der Waals surface area (Å²) in [6.07, 6.45) is 3.26. The maximum Gasteiger partial charge on any atom is 0.128 e. The minimum absolute atomic E-state index is 0.0546. The smallest absolute Gasteiger partial charge is 0.128 e. The van der Waals surface area contributed by atoms with E-state index in [-0.39, 0.29) is 12.4 Å². The van der Waals surface area contributed by atoms with Crippen molar-refractivity contribution in [1.82, 2.24) is 9.78 Å². The Balaban J connectivity index is 2.22. The minimum atomic E-state index is -0.260. The number of hydrogen-bond donors (Lipinski definition) is 1. The predicted octanol–water partition coefficient (Wildman–Crippen LogP) is 2.33. The number of rotatable bonds is 3. The first-order valence-electron chi connectivity index (χ1n) is 4.75. The van der Waals surface area contributed by atoms with Gasteiger partial charge in [0.15, 0.2) is 0 Å². The molecule has 0 radical (unpaired) electrons. The van der Waals surface area contributed by atoms with Crippen molar-refractivity contribution in [2.75, 3.05) is 0 Å². The van der Waals surface area contributed by atoms with E-state index in [4.69, 9.17) is 5.11 Å². The quantitative estimate of drug-likeness (QED) is 0.940. The van der Waals surface area contributed by atoms with E-state index in [9.17, 15) is 4.39 Å². The molecule has 2 aromatic rings. The SMILES string of the molecule is OCc1cnn(Cc2cc(Br)ccc2F)c1. The van der Waals surface area contributed by atoms with Crippen molar-refractivity contribution in [3.63, 3.8) is 0 Å². The molecule has 84 valence electrons. The van der Waals surface area contributed by atoms with Gasteiger partial charge in [-0.25, -0.2) is 4.39 Å². The van der Waals surface area contributed by atoms with Gasteiger partial charge in [-0.2, -0.15) is 5.10 Å². The van der Waals surface area contributed by atoms with Crippen molar-refractivity contribution in [2.45, 2.75) is 13.2 Å². The molecule has 1 heterocycles. The van der Waals surface area contributed by atoms with Crippen LogP contribution in [0, 0.1) is 5.82 Å². The minimum Gasteiger partial charge on any atom is -0.392 e. The molecule has 0 spiro atoms. The summed E-state index contributed by atoms with van der Waals surface area (Å²) in [5, 5.41) is 12.9. The summed E-state index contributed by atoms with van der Waals surface area (Å²) in [6.45, 7) is 0.298. The van der Waals surface area contributed by atoms with Gasteiger partial charge in [-0.05, 0) is 18.2 Å². The summed E-state index contributed by atoms with van der Waals surface area (Å²) in [6, 6.07) is 4.78. The predicted molar refractivity (Wildman–Crippen MR) is 61.4 cm³/mol. The molecule has 0 bridgehead atoms. The van der Waals surface area contributed by atoms with Crippen LogP contribution in [0.3, 0.4) is 0 Å². The molecule has 0 amide bonds. The standard InChI is InChI=1S/C11H10BrFN2O/c12-10-1-2-11(13)9(3-10)6-15-5-8(7-16)4-14-15/h1-5,16H,6-7H2. The number of hydrogen-bond acceptors (Lipinski definition) is 2. The van der Waals surface area contributed by atoms with E-state index in [2.05, 4.69) is 21.0 Å². The molecule has 1 aromatic heterocycles. The lowest BCUT2D eigenvalue weighted by Gasteiger charge is -2.04. The van der Waals surface area contributed by atoms with Gasteiger partial charge in [0, 0.05) is 21.8 Å². The molecule has 0 aliphatic carbocycles. The lowest BCUT2D eigenvalue weighted by Crippen LogP contribution is -2.02. The molecule has 2 rings (SSSR count). The molecule has 0 fully saturated rings. The van der Waals surface area contributed by atoms with Crippen molar-refractivity contribution < 1.29 is 9.50 Å². The highest BCUT2D eigenvalue weighted by Crippen LogP contribution is 2.16. The van der Waals surface area contributed by atoms with Crippen molar-refractivity contribution >= 4 is 15.9 Å². The molecule has 1 N–H and O–H groups in total. The third-order valence-electron chi connectivity index (χ3n) is 2.21. The summed E-state index contributed by atoms with van der Waals surface area (Å²) in [5.74, 6) is -0.260. The average Bonchev–Trinajstić information content (AvgIpc) is 2.71. The monoisotopic (exact) mass is 284 g/mol. The van der Waals surface area contributed by atoms with Gasteiger partial charge in [-0.1, -0.05) is 15.9 Å². The number of benzene rings is 1. The maximum atomic E-state index is 13.4. The summed E-state index contributed by atoms with van der Waals surface area (Å²) in [7, 11) is 0. The highest BCUT2D eigenvalue weighted by Gasteiger charge is 2.05. The van der Waals surface area contributed by atoms with Gasteiger partial charge in [0.05, 0.1) is 19.3 Å². The highest BCUT2D eigenvalue weighted by atomic mass is 79.9. The van der Waals surface area contributed by atoms with Gasteiger partial charge in [0.2, 0.25) is 0 Å². The second kappa shape index (κ2) is 4.76. The summed E-state index contributed by atoms with van der Waals surface area (Å²) in [5.41, 5.74) is 1.28. The zero-order valence-electron chi connectivity index (χ0n) is 8.40. The van der Waals surface area contributed by atoms with Crippen molar-refractivity contribution in [3.8, 4) is 0 Å².